The minimum Gasteiger partial charge on any atom is -0.398 e. The SMILES string of the molecule is CC(=N)c1cc(-c2cc(NC(CO)c3ccccc3)cnc2-c2cncnc2)ccc1N. The summed E-state index contributed by atoms with van der Waals surface area (Å²) in [5, 5.41) is 21.4. The highest BCUT2D eigenvalue weighted by molar-refractivity contribution is 6.02. The highest BCUT2D eigenvalue weighted by Crippen LogP contribution is 2.34. The van der Waals surface area contributed by atoms with Crippen molar-refractivity contribution in [3.63, 3.8) is 0 Å². The summed E-state index contributed by atoms with van der Waals surface area (Å²) in [7, 11) is 0. The number of hydrogen-bond donors (Lipinski definition) is 4. The number of nitrogen functional groups attached to an aromatic ring is 1. The maximum absolute atomic E-state index is 9.95. The Balaban J connectivity index is 1.81. The molecule has 4 aromatic rings. The first-order valence-electron chi connectivity index (χ1n) is 10.2. The molecule has 0 saturated carbocycles. The summed E-state index contributed by atoms with van der Waals surface area (Å²) in [6.45, 7) is 1.65. The summed E-state index contributed by atoms with van der Waals surface area (Å²) in [6.07, 6.45) is 6.64. The van der Waals surface area contributed by atoms with E-state index < -0.39 is 0 Å². The van der Waals surface area contributed by atoms with Gasteiger partial charge in [0.1, 0.15) is 6.33 Å². The van der Waals surface area contributed by atoms with Gasteiger partial charge < -0.3 is 21.6 Å². The smallest absolute Gasteiger partial charge is 0.115 e. The number of pyridine rings is 1. The summed E-state index contributed by atoms with van der Waals surface area (Å²) < 4.78 is 0. The summed E-state index contributed by atoms with van der Waals surface area (Å²) in [5.41, 5.74) is 12.6. The fourth-order valence-electron chi connectivity index (χ4n) is 3.58. The fraction of sp³-hybridized carbons (Fsp3) is 0.120. The Morgan fingerprint density at radius 3 is 2.47 bits per heavy atom. The second-order valence-electron chi connectivity index (χ2n) is 7.46. The molecule has 0 amide bonds. The Morgan fingerprint density at radius 1 is 1.03 bits per heavy atom. The Kier molecular flexibility index (Phi) is 6.19. The lowest BCUT2D eigenvalue weighted by atomic mass is 9.96. The van der Waals surface area contributed by atoms with Crippen LogP contribution in [0.2, 0.25) is 0 Å². The van der Waals surface area contributed by atoms with Crippen molar-refractivity contribution >= 4 is 17.1 Å². The van der Waals surface area contributed by atoms with Crippen LogP contribution in [-0.2, 0) is 0 Å². The first-order valence-corrected chi connectivity index (χ1v) is 10.2. The second kappa shape index (κ2) is 9.36. The van der Waals surface area contributed by atoms with Crippen molar-refractivity contribution in [2.75, 3.05) is 17.7 Å². The molecule has 2 aromatic heterocycles. The van der Waals surface area contributed by atoms with Crippen LogP contribution < -0.4 is 11.1 Å². The van der Waals surface area contributed by atoms with Gasteiger partial charge in [0.25, 0.3) is 0 Å². The average Bonchev–Trinajstić information content (AvgIpc) is 2.83. The third-order valence-corrected chi connectivity index (χ3v) is 5.22. The van der Waals surface area contributed by atoms with Crippen LogP contribution in [0.4, 0.5) is 11.4 Å². The van der Waals surface area contributed by atoms with Crippen molar-refractivity contribution in [3.05, 3.63) is 90.6 Å². The van der Waals surface area contributed by atoms with Crippen molar-refractivity contribution in [2.45, 2.75) is 13.0 Å². The largest absolute Gasteiger partial charge is 0.398 e. The molecule has 5 N–H and O–H groups in total. The van der Waals surface area contributed by atoms with E-state index in [0.29, 0.717) is 17.0 Å². The predicted octanol–water partition coefficient (Wildman–Crippen LogP) is 4.32. The zero-order valence-electron chi connectivity index (χ0n) is 17.7. The van der Waals surface area contributed by atoms with Crippen molar-refractivity contribution in [1.82, 2.24) is 15.0 Å². The van der Waals surface area contributed by atoms with Crippen LogP contribution in [-0.4, -0.2) is 32.4 Å². The normalized spacial score (nSPS) is 11.7. The first kappa shape index (κ1) is 21.1. The van der Waals surface area contributed by atoms with Gasteiger partial charge in [-0.2, -0.15) is 0 Å². The molecule has 0 fully saturated rings. The van der Waals surface area contributed by atoms with E-state index in [1.807, 2.05) is 48.5 Å². The van der Waals surface area contributed by atoms with Crippen LogP contribution in [0.3, 0.4) is 0 Å². The Bertz CT molecular complexity index is 1230. The van der Waals surface area contributed by atoms with E-state index in [1.54, 1.807) is 31.6 Å². The number of aliphatic hydroxyl groups excluding tert-OH is 1. The number of rotatable bonds is 7. The van der Waals surface area contributed by atoms with E-state index in [4.69, 9.17) is 16.1 Å². The number of nitrogens with two attached hydrogens (primary N) is 1. The van der Waals surface area contributed by atoms with Gasteiger partial charge in [0.15, 0.2) is 0 Å². The zero-order valence-corrected chi connectivity index (χ0v) is 17.7. The molecule has 1 atom stereocenters. The van der Waals surface area contributed by atoms with Gasteiger partial charge in [-0.15, -0.1) is 0 Å². The zero-order chi connectivity index (χ0) is 22.5. The topological polar surface area (TPSA) is 121 Å². The van der Waals surface area contributed by atoms with E-state index in [-0.39, 0.29) is 12.6 Å². The van der Waals surface area contributed by atoms with E-state index in [2.05, 4.69) is 15.3 Å². The molecule has 7 heteroatoms. The molecule has 0 aliphatic carbocycles. The van der Waals surface area contributed by atoms with E-state index in [1.165, 1.54) is 6.33 Å². The molecular weight excluding hydrogens is 400 g/mol. The quantitative estimate of drug-likeness (QED) is 0.259. The van der Waals surface area contributed by atoms with E-state index >= 15 is 0 Å². The number of aliphatic hydroxyl groups is 1. The highest BCUT2D eigenvalue weighted by Gasteiger charge is 2.16. The van der Waals surface area contributed by atoms with Gasteiger partial charge in [-0.1, -0.05) is 36.4 Å². The van der Waals surface area contributed by atoms with Gasteiger partial charge in [-0.3, -0.25) is 4.98 Å². The molecular formula is C25H24N6O. The van der Waals surface area contributed by atoms with Crippen LogP contribution in [0.15, 0.2) is 79.5 Å². The highest BCUT2D eigenvalue weighted by atomic mass is 16.3. The summed E-state index contributed by atoms with van der Waals surface area (Å²) in [6, 6.07) is 17.1. The summed E-state index contributed by atoms with van der Waals surface area (Å²) >= 11 is 0. The lowest BCUT2D eigenvalue weighted by Gasteiger charge is -2.19. The number of aromatic nitrogens is 3. The minimum atomic E-state index is -0.275. The second-order valence-corrected chi connectivity index (χ2v) is 7.46. The molecule has 0 radical (unpaired) electrons. The predicted molar refractivity (Wildman–Crippen MR) is 128 cm³/mol. The van der Waals surface area contributed by atoms with Gasteiger partial charge in [0.2, 0.25) is 0 Å². The Hall–Kier alpha value is -4.10. The molecule has 4 rings (SSSR count). The molecule has 0 aliphatic heterocycles. The minimum absolute atomic E-state index is 0.0629. The lowest BCUT2D eigenvalue weighted by molar-refractivity contribution is 0.276. The van der Waals surface area contributed by atoms with Crippen LogP contribution >= 0.6 is 0 Å². The number of hydrogen-bond acceptors (Lipinski definition) is 7. The molecule has 32 heavy (non-hydrogen) atoms. The lowest BCUT2D eigenvalue weighted by Crippen LogP contribution is -2.15. The van der Waals surface area contributed by atoms with Crippen LogP contribution in [0.5, 0.6) is 0 Å². The Morgan fingerprint density at radius 2 is 1.78 bits per heavy atom. The maximum atomic E-state index is 9.95. The monoisotopic (exact) mass is 424 g/mol. The van der Waals surface area contributed by atoms with Gasteiger partial charge >= 0.3 is 0 Å². The molecule has 2 heterocycles. The Labute approximate surface area is 186 Å². The molecule has 1 unspecified atom stereocenters. The summed E-state index contributed by atoms with van der Waals surface area (Å²) in [4.78, 5) is 12.9. The first-order chi connectivity index (χ1) is 15.6. The van der Waals surface area contributed by atoms with Crippen molar-refractivity contribution in [2.24, 2.45) is 0 Å². The molecule has 0 spiro atoms. The molecule has 0 bridgehead atoms. The third-order valence-electron chi connectivity index (χ3n) is 5.22. The van der Waals surface area contributed by atoms with Gasteiger partial charge in [-0.25, -0.2) is 9.97 Å². The molecule has 0 saturated heterocycles. The number of benzene rings is 2. The van der Waals surface area contributed by atoms with E-state index in [0.717, 1.165) is 33.6 Å². The fourth-order valence-corrected chi connectivity index (χ4v) is 3.58. The van der Waals surface area contributed by atoms with Crippen molar-refractivity contribution in [3.8, 4) is 22.4 Å². The van der Waals surface area contributed by atoms with Gasteiger partial charge in [-0.05, 0) is 36.2 Å². The van der Waals surface area contributed by atoms with Gasteiger partial charge in [0, 0.05) is 40.5 Å². The number of anilines is 2. The van der Waals surface area contributed by atoms with Crippen LogP contribution in [0.25, 0.3) is 22.4 Å². The average molecular weight is 425 g/mol. The van der Waals surface area contributed by atoms with Crippen LogP contribution in [0.1, 0.15) is 24.1 Å². The van der Waals surface area contributed by atoms with Crippen molar-refractivity contribution in [1.29, 1.82) is 5.41 Å². The third kappa shape index (κ3) is 4.48. The molecule has 160 valence electrons. The number of nitrogens with zero attached hydrogens (tertiary/aromatic N) is 3. The van der Waals surface area contributed by atoms with Crippen LogP contribution in [0, 0.1) is 5.41 Å². The van der Waals surface area contributed by atoms with E-state index in [9.17, 15) is 5.11 Å². The molecule has 2 aromatic carbocycles. The van der Waals surface area contributed by atoms with Crippen molar-refractivity contribution < 1.29 is 5.11 Å². The maximum Gasteiger partial charge on any atom is 0.115 e. The van der Waals surface area contributed by atoms with Gasteiger partial charge in [0.05, 0.1) is 30.2 Å². The molecule has 0 aliphatic rings. The standard InChI is InChI=1S/C25H24N6O/c1-16(26)21-9-18(7-8-23(21)27)22-10-20(13-30-25(22)19-11-28-15-29-12-19)31-24(14-32)17-5-3-2-4-6-17/h2-13,15,24,26,31-32H,14,27H2,1H3. The number of nitrogens with one attached hydrogen (secondary N) is 2. The summed E-state index contributed by atoms with van der Waals surface area (Å²) in [5.74, 6) is 0. The molecule has 7 nitrogen and oxygen atoms in total.